The van der Waals surface area contributed by atoms with Crippen molar-refractivity contribution < 1.29 is 9.53 Å². The summed E-state index contributed by atoms with van der Waals surface area (Å²) in [6.07, 6.45) is 0. The van der Waals surface area contributed by atoms with Crippen LogP contribution in [0.2, 0.25) is 0 Å². The topological polar surface area (TPSA) is 67.6 Å². The molecule has 5 heteroatoms. The van der Waals surface area contributed by atoms with E-state index in [2.05, 4.69) is 10.2 Å². The maximum absolute atomic E-state index is 11.4. The molecule has 1 unspecified atom stereocenters. The van der Waals surface area contributed by atoms with E-state index < -0.39 is 0 Å². The van der Waals surface area contributed by atoms with Gasteiger partial charge in [0.15, 0.2) is 0 Å². The molecule has 0 fully saturated rings. The molecule has 0 spiro atoms. The third-order valence-corrected chi connectivity index (χ3v) is 3.18. The Hall–Kier alpha value is -1.59. The number of ether oxygens (including phenoxy) is 1. The van der Waals surface area contributed by atoms with Crippen molar-refractivity contribution in [3.63, 3.8) is 0 Å². The molecule has 0 aliphatic heterocycles. The van der Waals surface area contributed by atoms with Crippen molar-refractivity contribution >= 4 is 5.91 Å². The molecule has 5 nitrogen and oxygen atoms in total. The molecule has 112 valence electrons. The number of hydrogen-bond donors (Lipinski definition) is 2. The van der Waals surface area contributed by atoms with Gasteiger partial charge >= 0.3 is 0 Å². The van der Waals surface area contributed by atoms with E-state index in [0.717, 1.165) is 24.4 Å². The number of carbonyl (C=O) groups excluding carboxylic acids is 1. The van der Waals surface area contributed by atoms with Crippen LogP contribution in [0.5, 0.6) is 5.75 Å². The number of benzene rings is 1. The highest BCUT2D eigenvalue weighted by atomic mass is 16.5. The fourth-order valence-corrected chi connectivity index (χ4v) is 1.93. The first kappa shape index (κ1) is 16.5. The minimum atomic E-state index is -0.0196. The Morgan fingerprint density at radius 2 is 2.05 bits per heavy atom. The summed E-state index contributed by atoms with van der Waals surface area (Å²) >= 11 is 0. The summed E-state index contributed by atoms with van der Waals surface area (Å²) in [5, 5.41) is 2.66. The lowest BCUT2D eigenvalue weighted by Gasteiger charge is -2.20. The van der Waals surface area contributed by atoms with Gasteiger partial charge in [-0.15, -0.1) is 0 Å². The van der Waals surface area contributed by atoms with Gasteiger partial charge in [-0.25, -0.2) is 0 Å². The molecule has 0 saturated carbocycles. The second-order valence-electron chi connectivity index (χ2n) is 4.97. The van der Waals surface area contributed by atoms with Crippen LogP contribution in [-0.2, 0) is 11.3 Å². The zero-order valence-electron chi connectivity index (χ0n) is 12.6. The zero-order valence-corrected chi connectivity index (χ0v) is 12.6. The van der Waals surface area contributed by atoms with Gasteiger partial charge in [0.2, 0.25) is 5.91 Å². The predicted molar refractivity (Wildman–Crippen MR) is 80.6 cm³/mol. The highest BCUT2D eigenvalue weighted by molar-refractivity contribution is 5.78. The number of nitrogens with two attached hydrogens (primary N) is 1. The summed E-state index contributed by atoms with van der Waals surface area (Å²) in [6, 6.07) is 7.78. The van der Waals surface area contributed by atoms with Crippen LogP contribution in [0.1, 0.15) is 12.5 Å². The predicted octanol–water partition coefficient (Wildman–Crippen LogP) is 0.838. The normalized spacial score (nSPS) is 12.2. The molecule has 1 atom stereocenters. The van der Waals surface area contributed by atoms with Crippen LogP contribution >= 0.6 is 0 Å². The van der Waals surface area contributed by atoms with Gasteiger partial charge in [0.1, 0.15) is 12.4 Å². The van der Waals surface area contributed by atoms with E-state index in [9.17, 15) is 4.79 Å². The van der Waals surface area contributed by atoms with E-state index in [1.807, 2.05) is 38.2 Å². The van der Waals surface area contributed by atoms with Crippen LogP contribution in [-0.4, -0.2) is 44.6 Å². The summed E-state index contributed by atoms with van der Waals surface area (Å²) in [5.41, 5.74) is 6.63. The minimum Gasteiger partial charge on any atom is -0.492 e. The molecule has 1 amide bonds. The second-order valence-corrected chi connectivity index (χ2v) is 4.97. The summed E-state index contributed by atoms with van der Waals surface area (Å²) in [6.45, 7) is 4.55. The summed E-state index contributed by atoms with van der Waals surface area (Å²) in [7, 11) is 3.65. The zero-order chi connectivity index (χ0) is 15.0. The summed E-state index contributed by atoms with van der Waals surface area (Å²) < 4.78 is 5.66. The van der Waals surface area contributed by atoms with Gasteiger partial charge in [-0.1, -0.05) is 19.1 Å². The fraction of sp³-hybridized carbons (Fsp3) is 0.533. The summed E-state index contributed by atoms with van der Waals surface area (Å²) in [4.78, 5) is 13.5. The molecule has 0 bridgehead atoms. The summed E-state index contributed by atoms with van der Waals surface area (Å²) in [5.74, 6) is 0.888. The molecule has 1 aromatic carbocycles. The lowest BCUT2D eigenvalue weighted by atomic mass is 10.1. The fourth-order valence-electron chi connectivity index (χ4n) is 1.93. The van der Waals surface area contributed by atoms with Crippen LogP contribution in [0.3, 0.4) is 0 Å². The van der Waals surface area contributed by atoms with Gasteiger partial charge in [-0.05, 0) is 24.7 Å². The number of amides is 1. The molecular formula is C15H25N3O2. The Morgan fingerprint density at radius 1 is 1.40 bits per heavy atom. The molecule has 0 heterocycles. The van der Waals surface area contributed by atoms with E-state index >= 15 is 0 Å². The number of likely N-dealkylation sites (N-methyl/N-ethyl adjacent to an activating group) is 1. The van der Waals surface area contributed by atoms with Gasteiger partial charge in [0.05, 0.1) is 0 Å². The molecule has 0 aliphatic rings. The molecule has 0 radical (unpaired) electrons. The maximum Gasteiger partial charge on any atom is 0.223 e. The Bertz CT molecular complexity index is 406. The van der Waals surface area contributed by atoms with E-state index in [4.69, 9.17) is 10.5 Å². The average Bonchev–Trinajstić information content (AvgIpc) is 2.47. The van der Waals surface area contributed by atoms with Crippen molar-refractivity contribution in [2.75, 3.05) is 33.8 Å². The molecule has 0 aromatic heterocycles. The molecular weight excluding hydrogens is 254 g/mol. The van der Waals surface area contributed by atoms with Gasteiger partial charge in [-0.2, -0.15) is 0 Å². The Labute approximate surface area is 121 Å². The number of carbonyl (C=O) groups is 1. The molecule has 3 N–H and O–H groups in total. The van der Waals surface area contributed by atoms with Crippen LogP contribution in [0, 0.1) is 5.92 Å². The van der Waals surface area contributed by atoms with Crippen molar-refractivity contribution in [3.8, 4) is 5.75 Å². The first-order valence-corrected chi connectivity index (χ1v) is 6.88. The second kappa shape index (κ2) is 8.55. The van der Waals surface area contributed by atoms with Crippen molar-refractivity contribution in [2.45, 2.75) is 13.5 Å². The van der Waals surface area contributed by atoms with Crippen molar-refractivity contribution in [2.24, 2.45) is 11.7 Å². The van der Waals surface area contributed by atoms with Crippen molar-refractivity contribution in [1.29, 1.82) is 0 Å². The van der Waals surface area contributed by atoms with Gasteiger partial charge in [0, 0.05) is 32.6 Å². The molecule has 20 heavy (non-hydrogen) atoms. The van der Waals surface area contributed by atoms with E-state index in [0.29, 0.717) is 13.2 Å². The number of rotatable bonds is 8. The highest BCUT2D eigenvalue weighted by Crippen LogP contribution is 2.11. The number of nitrogens with one attached hydrogen (secondary N) is 1. The van der Waals surface area contributed by atoms with Gasteiger partial charge < -0.3 is 20.7 Å². The maximum atomic E-state index is 11.4. The standard InChI is InChI=1S/C15H25N3O2/c1-12(15(19)17-2)11-18(3)8-9-20-14-6-4-13(10-16)5-7-14/h4-7,12H,8-11,16H2,1-3H3,(H,17,19). The largest absolute Gasteiger partial charge is 0.492 e. The van der Waals surface area contributed by atoms with Crippen molar-refractivity contribution in [3.05, 3.63) is 29.8 Å². The first-order valence-electron chi connectivity index (χ1n) is 6.88. The van der Waals surface area contributed by atoms with Crippen LogP contribution in [0.25, 0.3) is 0 Å². The lowest BCUT2D eigenvalue weighted by molar-refractivity contribution is -0.124. The minimum absolute atomic E-state index is 0.0196. The SMILES string of the molecule is CNC(=O)C(C)CN(C)CCOc1ccc(CN)cc1. The smallest absolute Gasteiger partial charge is 0.223 e. The van der Waals surface area contributed by atoms with Crippen LogP contribution in [0.15, 0.2) is 24.3 Å². The molecule has 0 aliphatic carbocycles. The Morgan fingerprint density at radius 3 is 2.60 bits per heavy atom. The van der Waals surface area contributed by atoms with Crippen LogP contribution < -0.4 is 15.8 Å². The molecule has 1 aromatic rings. The van der Waals surface area contributed by atoms with Crippen molar-refractivity contribution in [1.82, 2.24) is 10.2 Å². The first-order chi connectivity index (χ1) is 9.56. The molecule has 0 saturated heterocycles. The van der Waals surface area contributed by atoms with Crippen LogP contribution in [0.4, 0.5) is 0 Å². The van der Waals surface area contributed by atoms with Gasteiger partial charge in [-0.3, -0.25) is 4.79 Å². The third kappa shape index (κ3) is 5.59. The lowest BCUT2D eigenvalue weighted by Crippen LogP contribution is -2.36. The monoisotopic (exact) mass is 279 g/mol. The van der Waals surface area contributed by atoms with E-state index in [1.165, 1.54) is 0 Å². The molecule has 1 rings (SSSR count). The Balaban J connectivity index is 2.27. The van der Waals surface area contributed by atoms with E-state index in [1.54, 1.807) is 7.05 Å². The Kier molecular flexibility index (Phi) is 7.04. The number of nitrogens with zero attached hydrogens (tertiary/aromatic N) is 1. The highest BCUT2D eigenvalue weighted by Gasteiger charge is 2.13. The average molecular weight is 279 g/mol. The number of hydrogen-bond acceptors (Lipinski definition) is 4. The van der Waals surface area contributed by atoms with E-state index in [-0.39, 0.29) is 11.8 Å². The van der Waals surface area contributed by atoms with Gasteiger partial charge in [0.25, 0.3) is 0 Å². The quantitative estimate of drug-likeness (QED) is 0.740. The third-order valence-electron chi connectivity index (χ3n) is 3.18.